The van der Waals surface area contributed by atoms with Crippen LogP contribution in [-0.4, -0.2) is 35.5 Å². The van der Waals surface area contributed by atoms with Crippen molar-refractivity contribution in [3.8, 4) is 0 Å². The predicted molar refractivity (Wildman–Crippen MR) is 58.2 cm³/mol. The van der Waals surface area contributed by atoms with Crippen LogP contribution in [0.15, 0.2) is 10.9 Å². The second-order valence-electron chi connectivity index (χ2n) is 3.78. The van der Waals surface area contributed by atoms with E-state index in [2.05, 4.69) is 14.7 Å². The molecule has 0 aliphatic heterocycles. The lowest BCUT2D eigenvalue weighted by atomic mass is 10.3. The van der Waals surface area contributed by atoms with Gasteiger partial charge in [-0.1, -0.05) is 0 Å². The molecule has 0 saturated carbocycles. The molecule has 1 rings (SSSR count). The summed E-state index contributed by atoms with van der Waals surface area (Å²) in [6, 6.07) is 1.21. The quantitative estimate of drug-likeness (QED) is 0.721. The van der Waals surface area contributed by atoms with E-state index in [0.29, 0.717) is 12.1 Å². The molecule has 108 valence electrons. The van der Waals surface area contributed by atoms with E-state index in [1.807, 2.05) is 0 Å². The summed E-state index contributed by atoms with van der Waals surface area (Å²) < 4.78 is 53.2. The minimum absolute atomic E-state index is 0.0129. The Balaban J connectivity index is 2.61. The van der Waals surface area contributed by atoms with Crippen LogP contribution in [0.25, 0.3) is 0 Å². The average molecular weight is 283 g/mol. The highest BCUT2D eigenvalue weighted by molar-refractivity contribution is 5.02. The minimum atomic E-state index is -4.23. The summed E-state index contributed by atoms with van der Waals surface area (Å²) in [7, 11) is 0. The molecular weight excluding hydrogens is 270 g/mol. The Bertz CT molecular complexity index is 464. The van der Waals surface area contributed by atoms with Crippen LogP contribution in [0.5, 0.6) is 0 Å². The van der Waals surface area contributed by atoms with Crippen molar-refractivity contribution in [2.24, 2.45) is 5.73 Å². The van der Waals surface area contributed by atoms with E-state index in [1.54, 1.807) is 0 Å². The van der Waals surface area contributed by atoms with Gasteiger partial charge in [-0.25, -0.2) is 13.8 Å². The van der Waals surface area contributed by atoms with Crippen molar-refractivity contribution in [2.45, 2.75) is 25.4 Å². The van der Waals surface area contributed by atoms with Crippen molar-refractivity contribution in [1.29, 1.82) is 0 Å². The maximum absolute atomic E-state index is 12.5. The molecule has 0 spiro atoms. The molecule has 9 heteroatoms. The number of halogens is 4. The first kappa shape index (κ1) is 15.6. The first-order chi connectivity index (χ1) is 8.85. The van der Waals surface area contributed by atoms with Crippen LogP contribution < -0.4 is 11.3 Å². The van der Waals surface area contributed by atoms with Gasteiger partial charge in [0.2, 0.25) is 0 Å². The van der Waals surface area contributed by atoms with Gasteiger partial charge in [0.1, 0.15) is 19.0 Å². The summed E-state index contributed by atoms with van der Waals surface area (Å²) >= 11 is 0. The van der Waals surface area contributed by atoms with Crippen molar-refractivity contribution in [3.63, 3.8) is 0 Å². The third-order valence-corrected chi connectivity index (χ3v) is 2.10. The molecule has 5 nitrogen and oxygen atoms in total. The summed E-state index contributed by atoms with van der Waals surface area (Å²) in [4.78, 5) is 17.3. The second kappa shape index (κ2) is 6.62. The number of ether oxygens (including phenoxy) is 1. The number of aromatic nitrogens is 2. The summed E-state index contributed by atoms with van der Waals surface area (Å²) in [6.45, 7) is -1.67. The van der Waals surface area contributed by atoms with Gasteiger partial charge in [-0.15, -0.1) is 0 Å². The van der Waals surface area contributed by atoms with Crippen molar-refractivity contribution >= 4 is 0 Å². The monoisotopic (exact) mass is 283 g/mol. The van der Waals surface area contributed by atoms with Crippen molar-refractivity contribution in [3.05, 3.63) is 27.9 Å². The van der Waals surface area contributed by atoms with Gasteiger partial charge in [0, 0.05) is 18.2 Å². The Labute approximate surface area is 105 Å². The van der Waals surface area contributed by atoms with Gasteiger partial charge < -0.3 is 15.5 Å². The largest absolute Gasteiger partial charge is 0.367 e. The van der Waals surface area contributed by atoms with E-state index < -0.39 is 31.1 Å². The topological polar surface area (TPSA) is 81.0 Å². The van der Waals surface area contributed by atoms with Gasteiger partial charge >= 0.3 is 12.3 Å². The minimum Gasteiger partial charge on any atom is -0.367 e. The fourth-order valence-corrected chi connectivity index (χ4v) is 1.25. The molecule has 0 unspecified atom stereocenters. The second-order valence-corrected chi connectivity index (χ2v) is 3.78. The molecule has 0 aromatic carbocycles. The van der Waals surface area contributed by atoms with Crippen LogP contribution >= 0.6 is 0 Å². The zero-order valence-corrected chi connectivity index (χ0v) is 9.84. The van der Waals surface area contributed by atoms with Crippen LogP contribution in [-0.2, 0) is 17.8 Å². The van der Waals surface area contributed by atoms with E-state index in [0.717, 1.165) is 0 Å². The van der Waals surface area contributed by atoms with E-state index in [-0.39, 0.29) is 12.4 Å². The maximum atomic E-state index is 12.5. The number of rotatable bonds is 7. The number of H-pyrrole nitrogens is 1. The fourth-order valence-electron chi connectivity index (χ4n) is 1.25. The lowest BCUT2D eigenvalue weighted by molar-refractivity contribution is -0.168. The summed E-state index contributed by atoms with van der Waals surface area (Å²) in [5.74, 6) is -4.24. The molecule has 0 aliphatic rings. The Kier molecular flexibility index (Phi) is 5.43. The lowest BCUT2D eigenvalue weighted by Crippen LogP contribution is -2.32. The Morgan fingerprint density at radius 1 is 1.47 bits per heavy atom. The van der Waals surface area contributed by atoms with Gasteiger partial charge in [0.25, 0.3) is 5.56 Å². The van der Waals surface area contributed by atoms with Crippen molar-refractivity contribution < 1.29 is 22.3 Å². The molecule has 0 saturated heterocycles. The van der Waals surface area contributed by atoms with Gasteiger partial charge in [-0.05, 0) is 6.54 Å². The van der Waals surface area contributed by atoms with E-state index >= 15 is 0 Å². The molecule has 0 fully saturated rings. The predicted octanol–water partition coefficient (Wildman–Crippen LogP) is 0.688. The molecule has 0 bridgehead atoms. The average Bonchev–Trinajstić information content (AvgIpc) is 2.28. The first-order valence-corrected chi connectivity index (χ1v) is 5.38. The Morgan fingerprint density at radius 3 is 2.74 bits per heavy atom. The summed E-state index contributed by atoms with van der Waals surface area (Å²) in [5.41, 5.74) is 5.18. The standard InChI is InChI=1S/C10H13F4N3O2/c11-9(12)10(13,14)5-19-4-7-16-6(1-2-15)3-8(18)17-7/h3,9H,1-2,4-5,15H2,(H,16,17,18). The third-order valence-electron chi connectivity index (χ3n) is 2.10. The number of hydrogen-bond donors (Lipinski definition) is 2. The zero-order valence-electron chi connectivity index (χ0n) is 9.84. The van der Waals surface area contributed by atoms with E-state index in [4.69, 9.17) is 5.73 Å². The van der Waals surface area contributed by atoms with Crippen LogP contribution in [0.1, 0.15) is 11.5 Å². The number of nitrogens with two attached hydrogens (primary N) is 1. The highest BCUT2D eigenvalue weighted by atomic mass is 19.3. The van der Waals surface area contributed by atoms with Crippen molar-refractivity contribution in [2.75, 3.05) is 13.2 Å². The number of alkyl halides is 4. The molecule has 0 amide bonds. The smallest absolute Gasteiger partial charge is 0.330 e. The molecule has 1 aromatic rings. The lowest BCUT2D eigenvalue weighted by Gasteiger charge is -2.14. The highest BCUT2D eigenvalue weighted by Gasteiger charge is 2.40. The number of nitrogens with one attached hydrogen (secondary N) is 1. The van der Waals surface area contributed by atoms with E-state index in [9.17, 15) is 22.4 Å². The van der Waals surface area contributed by atoms with Gasteiger partial charge in [-0.2, -0.15) is 8.78 Å². The maximum Gasteiger partial charge on any atom is 0.330 e. The normalized spacial score (nSPS) is 12.1. The molecule has 1 aromatic heterocycles. The molecule has 0 atom stereocenters. The summed E-state index contributed by atoms with van der Waals surface area (Å²) in [5, 5.41) is 0. The Hall–Kier alpha value is -1.48. The third kappa shape index (κ3) is 4.95. The van der Waals surface area contributed by atoms with Gasteiger partial charge in [-0.3, -0.25) is 4.79 Å². The summed E-state index contributed by atoms with van der Waals surface area (Å²) in [6.07, 6.45) is -3.47. The Morgan fingerprint density at radius 2 is 2.16 bits per heavy atom. The molecule has 19 heavy (non-hydrogen) atoms. The fraction of sp³-hybridized carbons (Fsp3) is 0.600. The molecule has 0 aliphatic carbocycles. The number of aromatic amines is 1. The molecule has 0 radical (unpaired) electrons. The molecular formula is C10H13F4N3O2. The number of hydrogen-bond acceptors (Lipinski definition) is 4. The highest BCUT2D eigenvalue weighted by Crippen LogP contribution is 2.23. The van der Waals surface area contributed by atoms with Crippen LogP contribution in [0, 0.1) is 0 Å². The first-order valence-electron chi connectivity index (χ1n) is 5.38. The van der Waals surface area contributed by atoms with Crippen LogP contribution in [0.3, 0.4) is 0 Å². The van der Waals surface area contributed by atoms with Gasteiger partial charge in [0.15, 0.2) is 0 Å². The molecule has 3 N–H and O–H groups in total. The zero-order chi connectivity index (χ0) is 14.5. The van der Waals surface area contributed by atoms with Gasteiger partial charge in [0.05, 0.1) is 0 Å². The number of nitrogens with zero attached hydrogens (tertiary/aromatic N) is 1. The van der Waals surface area contributed by atoms with E-state index in [1.165, 1.54) is 6.07 Å². The molecule has 1 heterocycles. The van der Waals surface area contributed by atoms with Crippen LogP contribution in [0.4, 0.5) is 17.6 Å². The van der Waals surface area contributed by atoms with Crippen LogP contribution in [0.2, 0.25) is 0 Å². The SMILES string of the molecule is NCCc1cc(=O)[nH]c(COCC(F)(F)C(F)F)n1. The van der Waals surface area contributed by atoms with Crippen molar-refractivity contribution in [1.82, 2.24) is 9.97 Å².